The van der Waals surface area contributed by atoms with Crippen molar-refractivity contribution in [1.82, 2.24) is 24.0 Å². The van der Waals surface area contributed by atoms with Crippen LogP contribution in [0.4, 0.5) is 0 Å². The van der Waals surface area contributed by atoms with Gasteiger partial charge in [-0.3, -0.25) is 4.79 Å². The molecule has 2 aliphatic rings. The minimum atomic E-state index is -3.50. The summed E-state index contributed by atoms with van der Waals surface area (Å²) in [6, 6.07) is 5.45. The van der Waals surface area contributed by atoms with E-state index >= 15 is 0 Å². The van der Waals surface area contributed by atoms with Crippen LogP contribution in [-0.2, 0) is 10.0 Å². The number of hydrogen-bond donors (Lipinski definition) is 0. The average molecular weight is 474 g/mol. The third kappa shape index (κ3) is 3.64. The summed E-state index contributed by atoms with van der Waals surface area (Å²) >= 11 is 1.22. The minimum Gasteiger partial charge on any atom is -0.336 e. The normalized spacial score (nSPS) is 18.1. The largest absolute Gasteiger partial charge is 0.336 e. The van der Waals surface area contributed by atoms with Gasteiger partial charge < -0.3 is 4.90 Å². The van der Waals surface area contributed by atoms with Crippen LogP contribution in [0, 0.1) is 6.92 Å². The van der Waals surface area contributed by atoms with Crippen molar-refractivity contribution in [3.05, 3.63) is 40.5 Å². The van der Waals surface area contributed by atoms with Gasteiger partial charge in [0.2, 0.25) is 0 Å². The summed E-state index contributed by atoms with van der Waals surface area (Å²) in [5.41, 5.74) is 3.16. The van der Waals surface area contributed by atoms with Gasteiger partial charge in [0, 0.05) is 43.8 Å². The molecule has 1 saturated heterocycles. The van der Waals surface area contributed by atoms with Crippen LogP contribution in [0.1, 0.15) is 60.4 Å². The van der Waals surface area contributed by atoms with Gasteiger partial charge in [-0.15, -0.1) is 11.3 Å². The molecule has 3 aromatic rings. The number of pyridine rings is 1. The number of fused-ring (bicyclic) bond motifs is 1. The van der Waals surface area contributed by atoms with E-state index in [1.54, 1.807) is 22.4 Å². The number of aromatic nitrogens is 3. The van der Waals surface area contributed by atoms with Crippen molar-refractivity contribution in [3.63, 3.8) is 0 Å². The third-order valence-electron chi connectivity index (χ3n) is 6.19. The second kappa shape index (κ2) is 7.93. The smallest absolute Gasteiger partial charge is 0.254 e. The lowest BCUT2D eigenvalue weighted by molar-refractivity contribution is 0.0699. The number of thiophene rings is 1. The molecule has 0 bridgehead atoms. The molecule has 170 valence electrons. The number of aryl methyl sites for hydroxylation is 1. The number of carbonyl (C=O) groups is 1. The van der Waals surface area contributed by atoms with E-state index in [0.29, 0.717) is 41.9 Å². The van der Waals surface area contributed by atoms with Crippen molar-refractivity contribution in [3.8, 4) is 0 Å². The van der Waals surface area contributed by atoms with E-state index in [1.807, 2.05) is 17.7 Å². The predicted octanol–water partition coefficient (Wildman–Crippen LogP) is 3.41. The highest BCUT2D eigenvalue weighted by Gasteiger charge is 2.34. The molecule has 8 nitrogen and oxygen atoms in total. The van der Waals surface area contributed by atoms with Gasteiger partial charge in [0.05, 0.1) is 16.6 Å². The highest BCUT2D eigenvalue weighted by molar-refractivity contribution is 7.91. The van der Waals surface area contributed by atoms with Crippen LogP contribution in [0.5, 0.6) is 0 Å². The second-order valence-corrected chi connectivity index (χ2v) is 11.9. The van der Waals surface area contributed by atoms with Gasteiger partial charge in [0.15, 0.2) is 5.65 Å². The van der Waals surface area contributed by atoms with Crippen molar-refractivity contribution in [2.24, 2.45) is 0 Å². The van der Waals surface area contributed by atoms with Crippen molar-refractivity contribution < 1.29 is 13.2 Å². The van der Waals surface area contributed by atoms with Gasteiger partial charge in [-0.05, 0) is 51.1 Å². The molecule has 0 aromatic carbocycles. The molecule has 2 fully saturated rings. The molecule has 3 aromatic heterocycles. The first-order chi connectivity index (χ1) is 15.3. The lowest BCUT2D eigenvalue weighted by atomic mass is 10.1. The maximum absolute atomic E-state index is 13.6. The van der Waals surface area contributed by atoms with Gasteiger partial charge in [0.25, 0.3) is 15.9 Å². The number of rotatable bonds is 5. The topological polar surface area (TPSA) is 88.4 Å². The number of amides is 1. The Labute approximate surface area is 191 Å². The predicted molar refractivity (Wildman–Crippen MR) is 124 cm³/mol. The Hall–Kier alpha value is -2.30. The fraction of sp³-hybridized carbons (Fsp3) is 0.500. The quantitative estimate of drug-likeness (QED) is 0.567. The van der Waals surface area contributed by atoms with Gasteiger partial charge >= 0.3 is 0 Å². The molecule has 1 saturated carbocycles. The number of carbonyl (C=O) groups excluding carboxylic acids is 1. The number of hydrogen-bond acceptors (Lipinski definition) is 6. The van der Waals surface area contributed by atoms with Gasteiger partial charge in [-0.1, -0.05) is 6.07 Å². The highest BCUT2D eigenvalue weighted by atomic mass is 32.2. The zero-order chi connectivity index (χ0) is 22.6. The molecule has 1 aliphatic carbocycles. The molecule has 1 amide bonds. The number of sulfonamides is 1. The zero-order valence-electron chi connectivity index (χ0n) is 18.5. The first-order valence-corrected chi connectivity index (χ1v) is 13.3. The maximum Gasteiger partial charge on any atom is 0.254 e. The molecule has 0 radical (unpaired) electrons. The van der Waals surface area contributed by atoms with Crippen LogP contribution in [0.3, 0.4) is 0 Å². The summed E-state index contributed by atoms with van der Waals surface area (Å²) < 4.78 is 29.4. The Morgan fingerprint density at radius 2 is 1.91 bits per heavy atom. The highest BCUT2D eigenvalue weighted by Crippen LogP contribution is 2.41. The summed E-state index contributed by atoms with van der Waals surface area (Å²) in [5.74, 6) is 0.341. The molecular weight excluding hydrogens is 446 g/mol. The number of piperazine rings is 1. The zero-order valence-corrected chi connectivity index (χ0v) is 20.1. The monoisotopic (exact) mass is 473 g/mol. The Kier molecular flexibility index (Phi) is 5.34. The van der Waals surface area contributed by atoms with E-state index in [9.17, 15) is 13.2 Å². The van der Waals surface area contributed by atoms with E-state index < -0.39 is 10.0 Å². The molecule has 1 aliphatic heterocycles. The fourth-order valence-corrected chi connectivity index (χ4v) is 6.86. The molecule has 0 N–H and O–H groups in total. The summed E-state index contributed by atoms with van der Waals surface area (Å²) in [5, 5.41) is 7.24. The molecule has 0 atom stereocenters. The summed E-state index contributed by atoms with van der Waals surface area (Å²) in [6.07, 6.45) is 2.19. The lowest BCUT2D eigenvalue weighted by Crippen LogP contribution is -2.50. The van der Waals surface area contributed by atoms with E-state index in [0.717, 1.165) is 35.3 Å². The van der Waals surface area contributed by atoms with E-state index in [2.05, 4.69) is 18.9 Å². The van der Waals surface area contributed by atoms with Crippen LogP contribution in [0.25, 0.3) is 11.0 Å². The van der Waals surface area contributed by atoms with Crippen molar-refractivity contribution in [2.45, 2.75) is 49.8 Å². The lowest BCUT2D eigenvalue weighted by Gasteiger charge is -2.34. The second-order valence-electron chi connectivity index (χ2n) is 8.82. The van der Waals surface area contributed by atoms with E-state index in [4.69, 9.17) is 4.98 Å². The molecule has 32 heavy (non-hydrogen) atoms. The Morgan fingerprint density at radius 3 is 2.50 bits per heavy atom. The van der Waals surface area contributed by atoms with E-state index in [-0.39, 0.29) is 11.9 Å². The fourth-order valence-electron chi connectivity index (χ4n) is 4.29. The molecule has 10 heteroatoms. The Balaban J connectivity index is 1.44. The van der Waals surface area contributed by atoms with Crippen molar-refractivity contribution in [2.75, 3.05) is 26.2 Å². The molecule has 0 spiro atoms. The first-order valence-electron chi connectivity index (χ1n) is 11.0. The average Bonchev–Trinajstić information content (AvgIpc) is 3.36. The summed E-state index contributed by atoms with van der Waals surface area (Å²) in [6.45, 7) is 7.35. The summed E-state index contributed by atoms with van der Waals surface area (Å²) in [4.78, 5) is 20.3. The van der Waals surface area contributed by atoms with Gasteiger partial charge in [-0.2, -0.15) is 9.40 Å². The van der Waals surface area contributed by atoms with Gasteiger partial charge in [0.1, 0.15) is 4.21 Å². The first kappa shape index (κ1) is 21.5. The van der Waals surface area contributed by atoms with Crippen LogP contribution >= 0.6 is 11.3 Å². The minimum absolute atomic E-state index is 0.0705. The molecule has 0 unspecified atom stereocenters. The SMILES string of the molecule is Cc1nn(C(C)C)c2nc(C3CC3)cc(C(=O)N3CCN(S(=O)(=O)c4cccs4)CC3)c12. The van der Waals surface area contributed by atoms with E-state index in [1.165, 1.54) is 15.6 Å². The maximum atomic E-state index is 13.6. The van der Waals surface area contributed by atoms with Crippen LogP contribution in [0.2, 0.25) is 0 Å². The molecule has 4 heterocycles. The third-order valence-corrected chi connectivity index (χ3v) is 9.46. The van der Waals surface area contributed by atoms with Crippen molar-refractivity contribution in [1.29, 1.82) is 0 Å². The summed E-state index contributed by atoms with van der Waals surface area (Å²) in [7, 11) is -3.50. The standard InChI is InChI=1S/C22H27N5O3S2/c1-14(2)27-21-20(15(3)24-27)17(13-18(23-21)16-6-7-16)22(28)25-8-10-26(11-9-25)32(29,30)19-5-4-12-31-19/h4-5,12-14,16H,6-11H2,1-3H3. The van der Waals surface area contributed by atoms with Crippen LogP contribution in [-0.4, -0.2) is 64.5 Å². The van der Waals surface area contributed by atoms with Crippen molar-refractivity contribution >= 4 is 38.3 Å². The molecular formula is C22H27N5O3S2. The van der Waals surface area contributed by atoms with Gasteiger partial charge in [-0.25, -0.2) is 18.1 Å². The van der Waals surface area contributed by atoms with Crippen LogP contribution in [0.15, 0.2) is 27.8 Å². The van der Waals surface area contributed by atoms with Crippen LogP contribution < -0.4 is 0 Å². The Bertz CT molecular complexity index is 1270. The Morgan fingerprint density at radius 1 is 1.19 bits per heavy atom. The number of nitrogens with zero attached hydrogens (tertiary/aromatic N) is 5. The molecule has 5 rings (SSSR count).